The number of carbonyl (C=O) groups is 1. The molecular weight excluding hydrogens is 368 g/mol. The molecular formula is C23H20N2O4. The van der Waals surface area contributed by atoms with Gasteiger partial charge in [0.25, 0.3) is 0 Å². The first-order valence-electron chi connectivity index (χ1n) is 9.01. The Hall–Kier alpha value is -3.93. The van der Waals surface area contributed by atoms with Gasteiger partial charge in [0.15, 0.2) is 0 Å². The number of hydrogen-bond donors (Lipinski definition) is 1. The minimum absolute atomic E-state index is 0.0958. The highest BCUT2D eigenvalue weighted by molar-refractivity contribution is 6.12. The highest BCUT2D eigenvalue weighted by Gasteiger charge is 2.15. The van der Waals surface area contributed by atoms with Crippen LogP contribution < -0.4 is 4.74 Å². The number of hydrogen-bond acceptors (Lipinski definition) is 5. The Morgan fingerprint density at radius 2 is 1.69 bits per heavy atom. The monoisotopic (exact) mass is 388 g/mol. The van der Waals surface area contributed by atoms with Crippen molar-refractivity contribution < 1.29 is 19.5 Å². The van der Waals surface area contributed by atoms with Crippen molar-refractivity contribution in [2.24, 2.45) is 5.16 Å². The summed E-state index contributed by atoms with van der Waals surface area (Å²) in [5, 5.41) is 13.6. The van der Waals surface area contributed by atoms with Gasteiger partial charge in [0.05, 0.1) is 0 Å². The smallest absolute Gasteiger partial charge is 0.349 e. The number of rotatable bonds is 9. The maximum Gasteiger partial charge on any atom is 0.349 e. The molecule has 0 aliphatic heterocycles. The predicted octanol–water partition coefficient (Wildman–Crippen LogP) is 3.94. The molecule has 6 nitrogen and oxygen atoms in total. The molecule has 0 fully saturated rings. The number of pyridine rings is 1. The SMILES string of the molecule is O=C(O)C(C=CCON=C(c1ccccc1)c1cccnc1)Oc1ccccc1. The van der Waals surface area contributed by atoms with Crippen LogP contribution in [-0.2, 0) is 9.63 Å². The number of carboxylic acids is 1. The van der Waals surface area contributed by atoms with Gasteiger partial charge in [-0.1, -0.05) is 53.7 Å². The lowest BCUT2D eigenvalue weighted by molar-refractivity contribution is -0.142. The van der Waals surface area contributed by atoms with Crippen molar-refractivity contribution in [2.45, 2.75) is 6.10 Å². The van der Waals surface area contributed by atoms with Gasteiger partial charge in [-0.25, -0.2) is 4.79 Å². The highest BCUT2D eigenvalue weighted by Crippen LogP contribution is 2.12. The molecule has 1 N–H and O–H groups in total. The fourth-order valence-corrected chi connectivity index (χ4v) is 2.51. The van der Waals surface area contributed by atoms with E-state index in [1.165, 1.54) is 6.08 Å². The van der Waals surface area contributed by atoms with Crippen LogP contribution in [0.3, 0.4) is 0 Å². The van der Waals surface area contributed by atoms with Crippen molar-refractivity contribution in [3.05, 3.63) is 108 Å². The van der Waals surface area contributed by atoms with E-state index in [0.29, 0.717) is 11.5 Å². The van der Waals surface area contributed by atoms with Crippen LogP contribution in [0.25, 0.3) is 0 Å². The summed E-state index contributed by atoms with van der Waals surface area (Å²) >= 11 is 0. The minimum atomic E-state index is -1.11. The maximum absolute atomic E-state index is 11.4. The molecule has 1 atom stereocenters. The van der Waals surface area contributed by atoms with Crippen LogP contribution in [-0.4, -0.2) is 34.5 Å². The fraction of sp³-hybridized carbons (Fsp3) is 0.0870. The summed E-state index contributed by atoms with van der Waals surface area (Å²) in [5.41, 5.74) is 2.35. The van der Waals surface area contributed by atoms with Gasteiger partial charge in [-0.3, -0.25) is 4.98 Å². The van der Waals surface area contributed by atoms with Crippen LogP contribution in [0.2, 0.25) is 0 Å². The zero-order valence-corrected chi connectivity index (χ0v) is 15.6. The summed E-state index contributed by atoms with van der Waals surface area (Å²) in [6, 6.07) is 22.1. The number of nitrogens with zero attached hydrogens (tertiary/aromatic N) is 2. The molecule has 0 radical (unpaired) electrons. The highest BCUT2D eigenvalue weighted by atomic mass is 16.6. The van der Waals surface area contributed by atoms with Crippen LogP contribution >= 0.6 is 0 Å². The lowest BCUT2D eigenvalue weighted by Gasteiger charge is -2.11. The van der Waals surface area contributed by atoms with Crippen LogP contribution in [0.1, 0.15) is 11.1 Å². The van der Waals surface area contributed by atoms with Gasteiger partial charge in [0.2, 0.25) is 6.10 Å². The topological polar surface area (TPSA) is 81.0 Å². The lowest BCUT2D eigenvalue weighted by Crippen LogP contribution is -2.24. The van der Waals surface area contributed by atoms with Crippen molar-refractivity contribution in [2.75, 3.05) is 6.61 Å². The quantitative estimate of drug-likeness (QED) is 0.260. The molecule has 146 valence electrons. The summed E-state index contributed by atoms with van der Waals surface area (Å²) in [5.74, 6) is -0.611. The fourth-order valence-electron chi connectivity index (χ4n) is 2.51. The van der Waals surface area contributed by atoms with Crippen LogP contribution in [0.5, 0.6) is 5.75 Å². The first-order valence-corrected chi connectivity index (χ1v) is 9.01. The normalized spacial score (nSPS) is 12.5. The molecule has 0 amide bonds. The van der Waals surface area contributed by atoms with Gasteiger partial charge in [0, 0.05) is 23.5 Å². The number of benzene rings is 2. The van der Waals surface area contributed by atoms with E-state index in [-0.39, 0.29) is 6.61 Å². The van der Waals surface area contributed by atoms with Crippen molar-refractivity contribution in [3.63, 3.8) is 0 Å². The summed E-state index contributed by atoms with van der Waals surface area (Å²) < 4.78 is 5.46. The van der Waals surface area contributed by atoms with Gasteiger partial charge in [-0.15, -0.1) is 0 Å². The molecule has 0 saturated carbocycles. The first-order chi connectivity index (χ1) is 14.2. The van der Waals surface area contributed by atoms with Gasteiger partial charge in [-0.2, -0.15) is 0 Å². The average Bonchev–Trinajstić information content (AvgIpc) is 2.77. The van der Waals surface area contributed by atoms with E-state index in [4.69, 9.17) is 9.57 Å². The summed E-state index contributed by atoms with van der Waals surface area (Å²) in [6.07, 6.45) is 5.28. The van der Waals surface area contributed by atoms with Crippen LogP contribution in [0, 0.1) is 0 Å². The molecule has 29 heavy (non-hydrogen) atoms. The van der Waals surface area contributed by atoms with E-state index in [0.717, 1.165) is 11.1 Å². The van der Waals surface area contributed by atoms with Crippen molar-refractivity contribution in [1.82, 2.24) is 4.98 Å². The second-order valence-corrected chi connectivity index (χ2v) is 5.96. The first kappa shape index (κ1) is 19.8. The Morgan fingerprint density at radius 3 is 2.34 bits per heavy atom. The minimum Gasteiger partial charge on any atom is -0.478 e. The Balaban J connectivity index is 1.66. The predicted molar refractivity (Wildman–Crippen MR) is 110 cm³/mol. The third-order valence-corrected chi connectivity index (χ3v) is 3.87. The van der Waals surface area contributed by atoms with E-state index in [1.807, 2.05) is 48.5 Å². The molecule has 3 aromatic rings. The Morgan fingerprint density at radius 1 is 1.00 bits per heavy atom. The van der Waals surface area contributed by atoms with E-state index in [2.05, 4.69) is 10.1 Å². The van der Waals surface area contributed by atoms with Crippen molar-refractivity contribution in [1.29, 1.82) is 0 Å². The van der Waals surface area contributed by atoms with E-state index in [1.54, 1.807) is 42.7 Å². The zero-order valence-electron chi connectivity index (χ0n) is 15.6. The van der Waals surface area contributed by atoms with Gasteiger partial charge >= 0.3 is 5.97 Å². The van der Waals surface area contributed by atoms with Gasteiger partial charge in [-0.05, 0) is 36.4 Å². The molecule has 3 rings (SSSR count). The summed E-state index contributed by atoms with van der Waals surface area (Å²) in [4.78, 5) is 20.9. The van der Waals surface area contributed by atoms with Gasteiger partial charge < -0.3 is 14.7 Å². The zero-order chi connectivity index (χ0) is 20.3. The third kappa shape index (κ3) is 6.04. The molecule has 1 aromatic heterocycles. The summed E-state index contributed by atoms with van der Waals surface area (Å²) in [7, 11) is 0. The molecule has 0 aliphatic carbocycles. The number of oxime groups is 1. The van der Waals surface area contributed by atoms with E-state index < -0.39 is 12.1 Å². The molecule has 1 heterocycles. The Kier molecular flexibility index (Phi) is 7.12. The molecule has 0 spiro atoms. The number of aromatic nitrogens is 1. The lowest BCUT2D eigenvalue weighted by atomic mass is 10.0. The second-order valence-electron chi connectivity index (χ2n) is 5.96. The number of carboxylic acid groups (broad SMARTS) is 1. The molecule has 1 unspecified atom stereocenters. The van der Waals surface area contributed by atoms with Crippen molar-refractivity contribution >= 4 is 11.7 Å². The molecule has 6 heteroatoms. The van der Waals surface area contributed by atoms with Crippen molar-refractivity contribution in [3.8, 4) is 5.75 Å². The molecule has 2 aromatic carbocycles. The van der Waals surface area contributed by atoms with Gasteiger partial charge in [0.1, 0.15) is 18.1 Å². The number of ether oxygens (including phenoxy) is 1. The van der Waals surface area contributed by atoms with E-state index >= 15 is 0 Å². The second kappa shape index (κ2) is 10.4. The van der Waals surface area contributed by atoms with E-state index in [9.17, 15) is 9.90 Å². The summed E-state index contributed by atoms with van der Waals surface area (Å²) in [6.45, 7) is 0.0958. The average molecular weight is 388 g/mol. The molecule has 0 saturated heterocycles. The van der Waals surface area contributed by atoms with Crippen LogP contribution in [0.4, 0.5) is 0 Å². The molecule has 0 aliphatic rings. The maximum atomic E-state index is 11.4. The Bertz CT molecular complexity index is 916. The third-order valence-electron chi connectivity index (χ3n) is 3.87. The largest absolute Gasteiger partial charge is 0.478 e. The van der Waals surface area contributed by atoms with Crippen LogP contribution in [0.15, 0.2) is 102 Å². The number of aliphatic carboxylic acids is 1. The standard InChI is InChI=1S/C23H20N2O4/c26-23(27)21(29-20-12-5-2-6-13-20)14-8-16-28-25-22(18-9-3-1-4-10-18)19-11-7-15-24-17-19/h1-15,17,21H,16H2,(H,26,27). The molecule has 0 bridgehead atoms. The number of para-hydroxylation sites is 1. The Labute approximate surface area is 168 Å².